The van der Waals surface area contributed by atoms with Crippen LogP contribution in [-0.4, -0.2) is 4.92 Å². The Morgan fingerprint density at radius 2 is 2.08 bits per heavy atom. The molecule has 0 amide bonds. The first kappa shape index (κ1) is 10.4. The van der Waals surface area contributed by atoms with Crippen molar-refractivity contribution in [3.8, 4) is 0 Å². The van der Waals surface area contributed by atoms with Gasteiger partial charge in [0.25, 0.3) is 5.69 Å². The van der Waals surface area contributed by atoms with Gasteiger partial charge in [0.15, 0.2) is 0 Å². The molecule has 0 spiro atoms. The number of hydrogen-bond acceptors (Lipinski definition) is 2. The first-order valence-electron chi connectivity index (χ1n) is 3.96. The van der Waals surface area contributed by atoms with Crippen LogP contribution in [0.2, 0.25) is 0 Å². The van der Waals surface area contributed by atoms with Crippen molar-refractivity contribution < 1.29 is 4.92 Å². The zero-order valence-corrected chi connectivity index (χ0v) is 9.61. The summed E-state index contributed by atoms with van der Waals surface area (Å²) in [7, 11) is 0. The van der Waals surface area contributed by atoms with Gasteiger partial charge in [0.05, 0.1) is 4.92 Å². The molecule has 1 aromatic rings. The van der Waals surface area contributed by atoms with Crippen molar-refractivity contribution in [3.63, 3.8) is 0 Å². The van der Waals surface area contributed by atoms with Crippen molar-refractivity contribution in [3.05, 3.63) is 37.4 Å². The molecule has 1 rings (SSSR count). The van der Waals surface area contributed by atoms with Crippen LogP contribution in [0.3, 0.4) is 0 Å². The SMILES string of the molecule is CC(C)c1ccc(I)cc1[N+](=O)[O-]. The highest BCUT2D eigenvalue weighted by Crippen LogP contribution is 2.27. The molecule has 0 N–H and O–H groups in total. The van der Waals surface area contributed by atoms with Crippen molar-refractivity contribution in [2.75, 3.05) is 0 Å². The molecule has 0 saturated heterocycles. The van der Waals surface area contributed by atoms with Crippen molar-refractivity contribution in [1.82, 2.24) is 0 Å². The zero-order valence-electron chi connectivity index (χ0n) is 7.45. The molecule has 0 aliphatic heterocycles. The maximum atomic E-state index is 10.7. The Balaban J connectivity index is 3.27. The third kappa shape index (κ3) is 2.40. The lowest BCUT2D eigenvalue weighted by Gasteiger charge is -2.05. The predicted octanol–water partition coefficient (Wildman–Crippen LogP) is 3.32. The van der Waals surface area contributed by atoms with E-state index >= 15 is 0 Å². The van der Waals surface area contributed by atoms with E-state index in [1.54, 1.807) is 6.07 Å². The van der Waals surface area contributed by atoms with Gasteiger partial charge in [-0.1, -0.05) is 19.9 Å². The van der Waals surface area contributed by atoms with E-state index in [1.165, 1.54) is 0 Å². The molecule has 0 unspecified atom stereocenters. The largest absolute Gasteiger partial charge is 0.273 e. The van der Waals surface area contributed by atoms with Crippen LogP contribution in [0.4, 0.5) is 5.69 Å². The molecule has 0 heterocycles. The molecular weight excluding hydrogens is 281 g/mol. The van der Waals surface area contributed by atoms with Gasteiger partial charge >= 0.3 is 0 Å². The van der Waals surface area contributed by atoms with E-state index < -0.39 is 0 Å². The van der Waals surface area contributed by atoms with Gasteiger partial charge in [0.2, 0.25) is 0 Å². The molecule has 4 heteroatoms. The summed E-state index contributed by atoms with van der Waals surface area (Å²) < 4.78 is 0.897. The minimum absolute atomic E-state index is 0.192. The summed E-state index contributed by atoms with van der Waals surface area (Å²) in [6, 6.07) is 5.32. The lowest BCUT2D eigenvalue weighted by atomic mass is 10.0. The maximum absolute atomic E-state index is 10.7. The van der Waals surface area contributed by atoms with Crippen LogP contribution in [0, 0.1) is 13.7 Å². The molecule has 3 nitrogen and oxygen atoms in total. The van der Waals surface area contributed by atoms with Crippen LogP contribution >= 0.6 is 22.6 Å². The highest BCUT2D eigenvalue weighted by atomic mass is 127. The number of nitro benzene ring substituents is 1. The second-order valence-electron chi connectivity index (χ2n) is 3.11. The third-order valence-electron chi connectivity index (χ3n) is 1.81. The fourth-order valence-corrected chi connectivity index (χ4v) is 1.64. The summed E-state index contributed by atoms with van der Waals surface area (Å²) in [5.74, 6) is 0.192. The molecule has 0 fully saturated rings. The Morgan fingerprint density at radius 1 is 1.46 bits per heavy atom. The summed E-state index contributed by atoms with van der Waals surface area (Å²) in [6.07, 6.45) is 0. The first-order chi connectivity index (χ1) is 6.02. The predicted molar refractivity (Wildman–Crippen MR) is 59.9 cm³/mol. The number of benzene rings is 1. The lowest BCUT2D eigenvalue weighted by molar-refractivity contribution is -0.385. The minimum Gasteiger partial charge on any atom is -0.258 e. The second-order valence-corrected chi connectivity index (χ2v) is 4.36. The highest BCUT2D eigenvalue weighted by Gasteiger charge is 2.15. The fourth-order valence-electron chi connectivity index (χ4n) is 1.16. The number of nitrogens with zero attached hydrogens (tertiary/aromatic N) is 1. The van der Waals surface area contributed by atoms with Crippen LogP contribution < -0.4 is 0 Å². The number of rotatable bonds is 2. The van der Waals surface area contributed by atoms with E-state index in [0.717, 1.165) is 9.13 Å². The van der Waals surface area contributed by atoms with Crippen LogP contribution in [0.5, 0.6) is 0 Å². The summed E-state index contributed by atoms with van der Waals surface area (Å²) in [4.78, 5) is 10.4. The van der Waals surface area contributed by atoms with E-state index in [1.807, 2.05) is 26.0 Å². The lowest BCUT2D eigenvalue weighted by Crippen LogP contribution is -1.97. The molecule has 0 saturated carbocycles. The smallest absolute Gasteiger partial charge is 0.258 e. The van der Waals surface area contributed by atoms with Crippen molar-refractivity contribution in [2.45, 2.75) is 19.8 Å². The Labute approximate surface area is 90.4 Å². The second kappa shape index (κ2) is 4.04. The van der Waals surface area contributed by atoms with Crippen LogP contribution in [-0.2, 0) is 0 Å². The molecule has 0 aromatic heterocycles. The Bertz CT molecular complexity index is 336. The van der Waals surface area contributed by atoms with Gasteiger partial charge in [0, 0.05) is 15.2 Å². The summed E-state index contributed by atoms with van der Waals surface area (Å²) >= 11 is 2.07. The van der Waals surface area contributed by atoms with Gasteiger partial charge in [-0.25, -0.2) is 0 Å². The van der Waals surface area contributed by atoms with Crippen LogP contribution in [0.25, 0.3) is 0 Å². The normalized spacial score (nSPS) is 10.5. The van der Waals surface area contributed by atoms with Crippen LogP contribution in [0.15, 0.2) is 18.2 Å². The molecule has 1 aromatic carbocycles. The van der Waals surface area contributed by atoms with Crippen LogP contribution in [0.1, 0.15) is 25.3 Å². The molecule has 0 radical (unpaired) electrons. The highest BCUT2D eigenvalue weighted by molar-refractivity contribution is 14.1. The zero-order chi connectivity index (χ0) is 10.0. The van der Waals surface area contributed by atoms with Gasteiger partial charge < -0.3 is 0 Å². The van der Waals surface area contributed by atoms with Crippen molar-refractivity contribution >= 4 is 28.3 Å². The number of hydrogen-bond donors (Lipinski definition) is 0. The molecule has 70 valence electrons. The quantitative estimate of drug-likeness (QED) is 0.476. The number of nitro groups is 1. The van der Waals surface area contributed by atoms with E-state index in [2.05, 4.69) is 22.6 Å². The molecule has 0 bridgehead atoms. The van der Waals surface area contributed by atoms with Gasteiger partial charge in [-0.2, -0.15) is 0 Å². The van der Waals surface area contributed by atoms with Gasteiger partial charge in [0.1, 0.15) is 0 Å². The number of halogens is 1. The summed E-state index contributed by atoms with van der Waals surface area (Å²) in [6.45, 7) is 3.91. The average Bonchev–Trinajstić information content (AvgIpc) is 2.03. The van der Waals surface area contributed by atoms with Gasteiger partial charge in [-0.15, -0.1) is 0 Å². The van der Waals surface area contributed by atoms with E-state index in [4.69, 9.17) is 0 Å². The first-order valence-corrected chi connectivity index (χ1v) is 5.04. The van der Waals surface area contributed by atoms with Crippen molar-refractivity contribution in [2.24, 2.45) is 0 Å². The Kier molecular flexibility index (Phi) is 3.24. The molecule has 0 aliphatic rings. The molecule has 0 atom stereocenters. The summed E-state index contributed by atoms with van der Waals surface area (Å²) in [5.41, 5.74) is 1.02. The van der Waals surface area contributed by atoms with E-state index in [-0.39, 0.29) is 16.5 Å². The molecular formula is C9H10INO2. The van der Waals surface area contributed by atoms with Gasteiger partial charge in [-0.05, 0) is 34.6 Å². The van der Waals surface area contributed by atoms with E-state index in [9.17, 15) is 10.1 Å². The minimum atomic E-state index is -0.322. The fraction of sp³-hybridized carbons (Fsp3) is 0.333. The summed E-state index contributed by atoms with van der Waals surface area (Å²) in [5, 5.41) is 10.7. The van der Waals surface area contributed by atoms with Gasteiger partial charge in [-0.3, -0.25) is 10.1 Å². The molecule has 13 heavy (non-hydrogen) atoms. The maximum Gasteiger partial charge on any atom is 0.273 e. The van der Waals surface area contributed by atoms with Crippen molar-refractivity contribution in [1.29, 1.82) is 0 Å². The topological polar surface area (TPSA) is 43.1 Å². The van der Waals surface area contributed by atoms with E-state index in [0.29, 0.717) is 0 Å². The standard InChI is InChI=1S/C9H10INO2/c1-6(2)8-4-3-7(10)5-9(8)11(12)13/h3-6H,1-2H3. The third-order valence-corrected chi connectivity index (χ3v) is 2.48. The monoisotopic (exact) mass is 291 g/mol. The Hall–Kier alpha value is -0.650. The molecule has 0 aliphatic carbocycles. The average molecular weight is 291 g/mol. The Morgan fingerprint density at radius 3 is 2.54 bits per heavy atom.